The molecule has 0 N–H and O–H groups in total. The average molecular weight is 399 g/mol. The van der Waals surface area contributed by atoms with Gasteiger partial charge < -0.3 is 4.74 Å². The third-order valence-electron chi connectivity index (χ3n) is 2.71. The number of nitrogens with zero attached hydrogens (tertiary/aromatic N) is 1. The lowest BCUT2D eigenvalue weighted by Crippen LogP contribution is -2.46. The Morgan fingerprint density at radius 1 is 1.44 bits per heavy atom. The summed E-state index contributed by atoms with van der Waals surface area (Å²) in [5.74, 6) is 0. The molecule has 0 radical (unpaired) electrons. The maximum Gasteiger partial charge on any atom is 0.243 e. The molecule has 0 aliphatic carbocycles. The molecular weight excluding hydrogens is 386 g/mol. The Morgan fingerprint density at radius 2 is 2.22 bits per heavy atom. The number of alkyl halides is 1. The predicted molar refractivity (Wildman–Crippen MR) is 76.4 cm³/mol. The highest BCUT2D eigenvalue weighted by atomic mass is 79.9. The number of morpholine rings is 1. The zero-order valence-electron chi connectivity index (χ0n) is 9.55. The Labute approximate surface area is 124 Å². The molecule has 0 amide bonds. The molecule has 1 aromatic carbocycles. The van der Waals surface area contributed by atoms with E-state index in [1.807, 2.05) is 0 Å². The number of ether oxygens (including phenoxy) is 1. The van der Waals surface area contributed by atoms with E-state index in [9.17, 15) is 8.42 Å². The highest BCUT2D eigenvalue weighted by Crippen LogP contribution is 2.22. The first-order valence-corrected chi connectivity index (χ1v) is 8.83. The second kappa shape index (κ2) is 6.00. The van der Waals surface area contributed by atoms with Crippen molar-refractivity contribution < 1.29 is 13.2 Å². The van der Waals surface area contributed by atoms with Crippen LogP contribution in [0.25, 0.3) is 0 Å². The van der Waals surface area contributed by atoms with Gasteiger partial charge in [0.05, 0.1) is 17.6 Å². The summed E-state index contributed by atoms with van der Waals surface area (Å²) in [6.07, 6.45) is -0.0827. The molecule has 1 aromatic rings. The summed E-state index contributed by atoms with van der Waals surface area (Å²) in [6, 6.07) is 6.76. The van der Waals surface area contributed by atoms with Gasteiger partial charge in [0.1, 0.15) is 0 Å². The maximum atomic E-state index is 12.4. The Bertz CT molecular complexity index is 521. The molecular formula is C11H13Br2NO3S. The molecule has 1 unspecified atom stereocenters. The summed E-state index contributed by atoms with van der Waals surface area (Å²) in [4.78, 5) is 0.312. The van der Waals surface area contributed by atoms with Crippen molar-refractivity contribution in [2.45, 2.75) is 11.0 Å². The quantitative estimate of drug-likeness (QED) is 0.733. The fourth-order valence-corrected chi connectivity index (χ4v) is 4.22. The van der Waals surface area contributed by atoms with Crippen LogP contribution in [0.2, 0.25) is 0 Å². The lowest BCUT2D eigenvalue weighted by Gasteiger charge is -2.31. The molecule has 1 fully saturated rings. The molecule has 0 spiro atoms. The van der Waals surface area contributed by atoms with Crippen molar-refractivity contribution in [3.05, 3.63) is 28.7 Å². The van der Waals surface area contributed by atoms with E-state index in [1.54, 1.807) is 24.3 Å². The van der Waals surface area contributed by atoms with Crippen LogP contribution in [0.3, 0.4) is 0 Å². The summed E-state index contributed by atoms with van der Waals surface area (Å²) in [7, 11) is -3.43. The standard InChI is InChI=1S/C11H13Br2NO3S/c12-7-10-8-14(4-5-17-10)18(15,16)11-3-1-2-9(13)6-11/h1-3,6,10H,4-5,7-8H2. The molecule has 0 aromatic heterocycles. The first-order chi connectivity index (χ1) is 8.54. The van der Waals surface area contributed by atoms with E-state index in [0.29, 0.717) is 29.9 Å². The lowest BCUT2D eigenvalue weighted by molar-refractivity contribution is 0.0136. The van der Waals surface area contributed by atoms with Crippen molar-refractivity contribution >= 4 is 41.9 Å². The number of benzene rings is 1. The molecule has 2 rings (SSSR count). The minimum absolute atomic E-state index is 0.0827. The van der Waals surface area contributed by atoms with E-state index in [4.69, 9.17) is 4.74 Å². The van der Waals surface area contributed by atoms with Crippen LogP contribution in [-0.2, 0) is 14.8 Å². The third-order valence-corrected chi connectivity index (χ3v) is 5.78. The number of hydrogen-bond acceptors (Lipinski definition) is 3. The third kappa shape index (κ3) is 3.14. The van der Waals surface area contributed by atoms with Crippen molar-refractivity contribution in [3.8, 4) is 0 Å². The van der Waals surface area contributed by atoms with Gasteiger partial charge in [-0.3, -0.25) is 0 Å². The largest absolute Gasteiger partial charge is 0.375 e. The summed E-state index contributed by atoms with van der Waals surface area (Å²) in [6.45, 7) is 1.22. The maximum absolute atomic E-state index is 12.4. The number of sulfonamides is 1. The summed E-state index contributed by atoms with van der Waals surface area (Å²) >= 11 is 6.61. The number of rotatable bonds is 3. The topological polar surface area (TPSA) is 46.6 Å². The first kappa shape index (κ1) is 14.5. The molecule has 100 valence electrons. The van der Waals surface area contributed by atoms with Crippen LogP contribution in [0, 0.1) is 0 Å². The van der Waals surface area contributed by atoms with Gasteiger partial charge in [-0.15, -0.1) is 0 Å². The number of halogens is 2. The van der Waals surface area contributed by atoms with Gasteiger partial charge in [0.15, 0.2) is 0 Å². The van der Waals surface area contributed by atoms with Crippen molar-refractivity contribution in [2.75, 3.05) is 25.0 Å². The molecule has 0 saturated carbocycles. The highest BCUT2D eigenvalue weighted by molar-refractivity contribution is 9.10. The highest BCUT2D eigenvalue weighted by Gasteiger charge is 2.30. The Balaban J connectivity index is 2.25. The summed E-state index contributed by atoms with van der Waals surface area (Å²) in [5.41, 5.74) is 0. The molecule has 1 saturated heterocycles. The van der Waals surface area contributed by atoms with E-state index in [-0.39, 0.29) is 6.10 Å². The van der Waals surface area contributed by atoms with E-state index < -0.39 is 10.0 Å². The van der Waals surface area contributed by atoms with Gasteiger partial charge in [-0.2, -0.15) is 4.31 Å². The molecule has 4 nitrogen and oxygen atoms in total. The minimum Gasteiger partial charge on any atom is -0.375 e. The molecule has 1 atom stereocenters. The SMILES string of the molecule is O=S(=O)(c1cccc(Br)c1)N1CCOC(CBr)C1. The van der Waals surface area contributed by atoms with E-state index in [2.05, 4.69) is 31.9 Å². The van der Waals surface area contributed by atoms with E-state index in [1.165, 1.54) is 4.31 Å². The van der Waals surface area contributed by atoms with Crippen LogP contribution in [0.4, 0.5) is 0 Å². The van der Waals surface area contributed by atoms with Crippen molar-refractivity contribution in [3.63, 3.8) is 0 Å². The van der Waals surface area contributed by atoms with E-state index in [0.717, 1.165) is 4.47 Å². The zero-order chi connectivity index (χ0) is 13.2. The van der Waals surface area contributed by atoms with Crippen molar-refractivity contribution in [1.82, 2.24) is 4.31 Å². The minimum atomic E-state index is -3.43. The monoisotopic (exact) mass is 397 g/mol. The van der Waals surface area contributed by atoms with E-state index >= 15 is 0 Å². The average Bonchev–Trinajstić information content (AvgIpc) is 2.39. The molecule has 18 heavy (non-hydrogen) atoms. The predicted octanol–water partition coefficient (Wildman–Crippen LogP) is 2.23. The van der Waals surface area contributed by atoms with Gasteiger partial charge in [-0.1, -0.05) is 37.9 Å². The molecule has 1 aliphatic heterocycles. The fraction of sp³-hybridized carbons (Fsp3) is 0.455. The Kier molecular flexibility index (Phi) is 4.82. The fourth-order valence-electron chi connectivity index (χ4n) is 1.78. The molecule has 1 aliphatic rings. The summed E-state index contributed by atoms with van der Waals surface area (Å²) in [5, 5.41) is 0.636. The van der Waals surface area contributed by atoms with Crippen LogP contribution >= 0.6 is 31.9 Å². The molecule has 1 heterocycles. The van der Waals surface area contributed by atoms with Gasteiger partial charge in [0.25, 0.3) is 0 Å². The normalized spacial score (nSPS) is 22.0. The second-order valence-electron chi connectivity index (χ2n) is 3.97. The first-order valence-electron chi connectivity index (χ1n) is 5.47. The molecule has 0 bridgehead atoms. The summed E-state index contributed by atoms with van der Waals surface area (Å²) < 4.78 is 32.6. The number of hydrogen-bond donors (Lipinski definition) is 0. The Hall–Kier alpha value is 0.0500. The van der Waals surface area contributed by atoms with Gasteiger partial charge in [0.2, 0.25) is 10.0 Å². The van der Waals surface area contributed by atoms with Gasteiger partial charge in [0, 0.05) is 22.9 Å². The van der Waals surface area contributed by atoms with Crippen LogP contribution in [0.1, 0.15) is 0 Å². The van der Waals surface area contributed by atoms with Crippen molar-refractivity contribution in [2.24, 2.45) is 0 Å². The Morgan fingerprint density at radius 3 is 2.89 bits per heavy atom. The van der Waals surface area contributed by atoms with Crippen LogP contribution in [0.15, 0.2) is 33.6 Å². The molecule has 7 heteroatoms. The smallest absolute Gasteiger partial charge is 0.243 e. The van der Waals surface area contributed by atoms with Crippen LogP contribution in [-0.4, -0.2) is 43.9 Å². The van der Waals surface area contributed by atoms with Gasteiger partial charge in [-0.25, -0.2) is 8.42 Å². The lowest BCUT2D eigenvalue weighted by atomic mass is 10.3. The second-order valence-corrected chi connectivity index (χ2v) is 7.47. The van der Waals surface area contributed by atoms with Crippen LogP contribution in [0.5, 0.6) is 0 Å². The van der Waals surface area contributed by atoms with Gasteiger partial charge >= 0.3 is 0 Å². The van der Waals surface area contributed by atoms with Gasteiger partial charge in [-0.05, 0) is 18.2 Å². The van der Waals surface area contributed by atoms with Crippen molar-refractivity contribution in [1.29, 1.82) is 0 Å². The van der Waals surface area contributed by atoms with Crippen LogP contribution < -0.4 is 0 Å². The zero-order valence-corrected chi connectivity index (χ0v) is 13.5.